The third kappa shape index (κ3) is 1.65. The Morgan fingerprint density at radius 3 is 2.76 bits per heavy atom. The van der Waals surface area contributed by atoms with Crippen LogP contribution < -0.4 is 0 Å². The molecule has 0 aromatic heterocycles. The summed E-state index contributed by atoms with van der Waals surface area (Å²) >= 11 is 0. The van der Waals surface area contributed by atoms with E-state index in [0.717, 1.165) is 12.8 Å². The molecule has 17 heavy (non-hydrogen) atoms. The molecule has 2 saturated carbocycles. The van der Waals surface area contributed by atoms with Crippen LogP contribution in [-0.2, 0) is 5.41 Å². The second-order valence-corrected chi connectivity index (χ2v) is 5.44. The number of nitrogens with zero attached hydrogens (tertiary/aromatic N) is 1. The van der Waals surface area contributed by atoms with Crippen LogP contribution in [0, 0.1) is 17.2 Å². The molecule has 2 aliphatic carbocycles. The average molecular weight is 229 g/mol. The van der Waals surface area contributed by atoms with Crippen molar-refractivity contribution in [3.8, 4) is 6.07 Å². The first-order valence-corrected chi connectivity index (χ1v) is 6.01. The fraction of sp³-hybridized carbons (Fsp3) is 0.500. The Hall–Kier alpha value is -1.37. The zero-order valence-corrected chi connectivity index (χ0v) is 9.56. The van der Waals surface area contributed by atoms with Gasteiger partial charge in [-0.05, 0) is 41.9 Å². The maximum atomic E-state index is 9.64. The van der Waals surface area contributed by atoms with E-state index in [1.807, 2.05) is 18.2 Å². The number of nitriles is 1. The summed E-state index contributed by atoms with van der Waals surface area (Å²) in [6.45, 7) is 0. The summed E-state index contributed by atoms with van der Waals surface area (Å²) in [7, 11) is 0. The van der Waals surface area contributed by atoms with Gasteiger partial charge < -0.3 is 10.2 Å². The smallest absolute Gasteiger partial charge is 0.162 e. The molecule has 0 amide bonds. The summed E-state index contributed by atoms with van der Waals surface area (Å²) in [6, 6.07) is 9.89. The minimum absolute atomic E-state index is 0.113. The van der Waals surface area contributed by atoms with Gasteiger partial charge in [0, 0.05) is 12.8 Å². The Morgan fingerprint density at radius 2 is 2.06 bits per heavy atom. The Kier molecular flexibility index (Phi) is 2.10. The quantitative estimate of drug-likeness (QED) is 0.720. The largest absolute Gasteiger partial charge is 0.366 e. The number of rotatable bonds is 1. The average Bonchev–Trinajstić information content (AvgIpc) is 3.02. The minimum atomic E-state index is -1.47. The monoisotopic (exact) mass is 229 g/mol. The van der Waals surface area contributed by atoms with Crippen LogP contribution in [0.1, 0.15) is 36.8 Å². The fourth-order valence-electron chi connectivity index (χ4n) is 3.27. The highest BCUT2D eigenvalue weighted by Crippen LogP contribution is 2.63. The molecule has 1 aromatic rings. The molecule has 88 valence electrons. The summed E-state index contributed by atoms with van der Waals surface area (Å²) in [4.78, 5) is 0. The van der Waals surface area contributed by atoms with E-state index >= 15 is 0 Å². The summed E-state index contributed by atoms with van der Waals surface area (Å²) in [6.07, 6.45) is 2.72. The highest BCUT2D eigenvalue weighted by Gasteiger charge is 2.60. The summed E-state index contributed by atoms with van der Waals surface area (Å²) in [5.41, 5.74) is 1.99. The lowest BCUT2D eigenvalue weighted by molar-refractivity contribution is -0.184. The molecule has 3 heteroatoms. The Labute approximate surface area is 100 Å². The zero-order chi connectivity index (χ0) is 12.1. The Morgan fingerprint density at radius 1 is 1.24 bits per heavy atom. The van der Waals surface area contributed by atoms with Crippen LogP contribution in [0.25, 0.3) is 0 Å². The van der Waals surface area contributed by atoms with E-state index in [1.165, 1.54) is 5.56 Å². The van der Waals surface area contributed by atoms with Gasteiger partial charge in [-0.25, -0.2) is 0 Å². The molecule has 0 bridgehead atoms. The summed E-state index contributed by atoms with van der Waals surface area (Å²) in [5, 5.41) is 28.2. The molecule has 3 rings (SSSR count). The van der Waals surface area contributed by atoms with E-state index in [2.05, 4.69) is 12.1 Å². The maximum absolute atomic E-state index is 9.64. The summed E-state index contributed by atoms with van der Waals surface area (Å²) < 4.78 is 0. The van der Waals surface area contributed by atoms with Crippen LogP contribution in [0.4, 0.5) is 0 Å². The standard InChI is InChI=1S/C14H15NO2/c15-9-10-2-1-3-11(6-10)13-4-5-14(16,17)8-12(13)7-13/h1-3,6,12,16-17H,4-5,7-8H2. The zero-order valence-electron chi connectivity index (χ0n) is 9.56. The van der Waals surface area contributed by atoms with Gasteiger partial charge in [0.15, 0.2) is 5.79 Å². The van der Waals surface area contributed by atoms with Gasteiger partial charge in [0.1, 0.15) is 0 Å². The molecular formula is C14H15NO2. The van der Waals surface area contributed by atoms with Crippen molar-refractivity contribution in [3.63, 3.8) is 0 Å². The first-order valence-electron chi connectivity index (χ1n) is 6.01. The number of fused-ring (bicyclic) bond motifs is 1. The highest BCUT2D eigenvalue weighted by molar-refractivity contribution is 5.41. The Balaban J connectivity index is 1.90. The van der Waals surface area contributed by atoms with Crippen LogP contribution in [0.15, 0.2) is 24.3 Å². The molecule has 3 nitrogen and oxygen atoms in total. The van der Waals surface area contributed by atoms with Gasteiger partial charge in [-0.3, -0.25) is 0 Å². The van der Waals surface area contributed by atoms with Crippen LogP contribution in [-0.4, -0.2) is 16.0 Å². The van der Waals surface area contributed by atoms with Crippen molar-refractivity contribution in [2.45, 2.75) is 36.9 Å². The van der Waals surface area contributed by atoms with Crippen molar-refractivity contribution in [2.75, 3.05) is 0 Å². The first kappa shape index (κ1) is 10.8. The van der Waals surface area contributed by atoms with E-state index in [0.29, 0.717) is 24.3 Å². The van der Waals surface area contributed by atoms with Crippen molar-refractivity contribution in [1.29, 1.82) is 5.26 Å². The predicted octanol–water partition coefficient (Wildman–Crippen LogP) is 1.68. The van der Waals surface area contributed by atoms with Crippen LogP contribution in [0.5, 0.6) is 0 Å². The molecule has 2 unspecified atom stereocenters. The molecule has 0 radical (unpaired) electrons. The second-order valence-electron chi connectivity index (χ2n) is 5.44. The van der Waals surface area contributed by atoms with Gasteiger partial charge >= 0.3 is 0 Å². The van der Waals surface area contributed by atoms with E-state index in [-0.39, 0.29) is 5.41 Å². The van der Waals surface area contributed by atoms with Crippen LogP contribution >= 0.6 is 0 Å². The number of hydrogen-bond acceptors (Lipinski definition) is 3. The molecule has 0 spiro atoms. The highest BCUT2D eigenvalue weighted by atomic mass is 16.5. The van der Waals surface area contributed by atoms with Gasteiger partial charge in [-0.2, -0.15) is 5.26 Å². The minimum Gasteiger partial charge on any atom is -0.366 e. The van der Waals surface area contributed by atoms with E-state index in [1.54, 1.807) is 0 Å². The normalized spacial score (nSPS) is 33.6. The second kappa shape index (κ2) is 3.32. The van der Waals surface area contributed by atoms with Crippen LogP contribution in [0.3, 0.4) is 0 Å². The molecule has 0 saturated heterocycles. The van der Waals surface area contributed by atoms with Crippen molar-refractivity contribution in [3.05, 3.63) is 35.4 Å². The SMILES string of the molecule is N#Cc1cccc(C23CCC(O)(O)CC2C3)c1. The van der Waals surface area contributed by atoms with Gasteiger partial charge in [0.2, 0.25) is 0 Å². The van der Waals surface area contributed by atoms with E-state index in [4.69, 9.17) is 5.26 Å². The molecule has 0 aliphatic heterocycles. The van der Waals surface area contributed by atoms with Gasteiger partial charge in [0.05, 0.1) is 11.6 Å². The van der Waals surface area contributed by atoms with Gasteiger partial charge in [-0.1, -0.05) is 12.1 Å². The van der Waals surface area contributed by atoms with Crippen molar-refractivity contribution < 1.29 is 10.2 Å². The molecule has 2 fully saturated rings. The predicted molar refractivity (Wildman–Crippen MR) is 62.0 cm³/mol. The number of benzene rings is 1. The maximum Gasteiger partial charge on any atom is 0.162 e. The number of hydrogen-bond donors (Lipinski definition) is 2. The van der Waals surface area contributed by atoms with Crippen molar-refractivity contribution in [1.82, 2.24) is 0 Å². The Bertz CT molecular complexity index is 503. The molecule has 2 N–H and O–H groups in total. The third-order valence-corrected chi connectivity index (χ3v) is 4.34. The fourth-order valence-corrected chi connectivity index (χ4v) is 3.27. The molecule has 2 aliphatic rings. The van der Waals surface area contributed by atoms with Crippen LogP contribution in [0.2, 0.25) is 0 Å². The number of aliphatic hydroxyl groups is 2. The lowest BCUT2D eigenvalue weighted by Gasteiger charge is -2.31. The molecular weight excluding hydrogens is 214 g/mol. The lowest BCUT2D eigenvalue weighted by atomic mass is 9.80. The lowest BCUT2D eigenvalue weighted by Crippen LogP contribution is -2.35. The third-order valence-electron chi connectivity index (χ3n) is 4.34. The van der Waals surface area contributed by atoms with E-state index in [9.17, 15) is 10.2 Å². The molecule has 0 heterocycles. The topological polar surface area (TPSA) is 64.2 Å². The van der Waals surface area contributed by atoms with Gasteiger partial charge in [0.25, 0.3) is 0 Å². The van der Waals surface area contributed by atoms with Crippen molar-refractivity contribution in [2.24, 2.45) is 5.92 Å². The first-order chi connectivity index (χ1) is 8.06. The van der Waals surface area contributed by atoms with Crippen molar-refractivity contribution >= 4 is 0 Å². The van der Waals surface area contributed by atoms with Gasteiger partial charge in [-0.15, -0.1) is 0 Å². The molecule has 2 atom stereocenters. The molecule has 1 aromatic carbocycles. The van der Waals surface area contributed by atoms with E-state index < -0.39 is 5.79 Å². The summed E-state index contributed by atoms with van der Waals surface area (Å²) in [5.74, 6) is -1.11.